The average molecular weight is 279 g/mol. The van der Waals surface area contributed by atoms with Gasteiger partial charge in [0.05, 0.1) is 5.92 Å². The first-order valence-electron chi connectivity index (χ1n) is 5.16. The fraction of sp³-hybridized carbons (Fsp3) is 0.417. The van der Waals surface area contributed by atoms with Gasteiger partial charge < -0.3 is 0 Å². The molecular formula is C12H13ClF2OS. The molecule has 17 heavy (non-hydrogen) atoms. The molecule has 0 aliphatic heterocycles. The molecule has 1 unspecified atom stereocenters. The Morgan fingerprint density at radius 2 is 1.76 bits per heavy atom. The average Bonchev–Trinajstić information content (AvgIpc) is 2.18. The van der Waals surface area contributed by atoms with Gasteiger partial charge >= 0.3 is 0 Å². The third-order valence-corrected chi connectivity index (χ3v) is 3.33. The first kappa shape index (κ1) is 14.5. The van der Waals surface area contributed by atoms with Crippen LogP contribution in [0.3, 0.4) is 0 Å². The van der Waals surface area contributed by atoms with Gasteiger partial charge in [-0.3, -0.25) is 4.79 Å². The SMILES string of the molecule is CC(C)C(C(=O)Cl)c1ccc(SC(F)F)cc1. The fourth-order valence-electron chi connectivity index (χ4n) is 1.63. The highest BCUT2D eigenvalue weighted by molar-refractivity contribution is 7.99. The van der Waals surface area contributed by atoms with Gasteiger partial charge in [0.1, 0.15) is 0 Å². The Morgan fingerprint density at radius 1 is 1.24 bits per heavy atom. The van der Waals surface area contributed by atoms with Crippen molar-refractivity contribution in [3.05, 3.63) is 29.8 Å². The van der Waals surface area contributed by atoms with E-state index < -0.39 is 11.0 Å². The van der Waals surface area contributed by atoms with E-state index in [0.29, 0.717) is 16.7 Å². The lowest BCUT2D eigenvalue weighted by Crippen LogP contribution is -2.13. The highest BCUT2D eigenvalue weighted by Crippen LogP contribution is 2.30. The molecule has 5 heteroatoms. The maximum atomic E-state index is 12.1. The van der Waals surface area contributed by atoms with Crippen LogP contribution >= 0.6 is 23.4 Å². The van der Waals surface area contributed by atoms with Gasteiger partial charge in [-0.15, -0.1) is 0 Å². The van der Waals surface area contributed by atoms with Crippen LogP contribution in [0.5, 0.6) is 0 Å². The molecule has 0 amide bonds. The minimum absolute atomic E-state index is 0.0774. The molecular weight excluding hydrogens is 266 g/mol. The molecule has 0 heterocycles. The molecule has 94 valence electrons. The molecule has 0 saturated heterocycles. The summed E-state index contributed by atoms with van der Waals surface area (Å²) in [6.45, 7) is 3.79. The van der Waals surface area contributed by atoms with E-state index in [4.69, 9.17) is 11.6 Å². The van der Waals surface area contributed by atoms with Gasteiger partial charge in [-0.25, -0.2) is 0 Å². The van der Waals surface area contributed by atoms with Crippen molar-refractivity contribution in [2.45, 2.75) is 30.4 Å². The molecule has 1 aromatic rings. The van der Waals surface area contributed by atoms with Crippen molar-refractivity contribution in [2.75, 3.05) is 0 Å². The number of hydrogen-bond acceptors (Lipinski definition) is 2. The lowest BCUT2D eigenvalue weighted by atomic mass is 9.90. The molecule has 0 N–H and O–H groups in total. The second-order valence-corrected chi connectivity index (χ2v) is 5.41. The molecule has 0 aliphatic rings. The summed E-state index contributed by atoms with van der Waals surface area (Å²) in [6.07, 6.45) is 0. The molecule has 0 aromatic heterocycles. The highest BCUT2D eigenvalue weighted by atomic mass is 35.5. The lowest BCUT2D eigenvalue weighted by Gasteiger charge is -2.17. The Morgan fingerprint density at radius 3 is 2.12 bits per heavy atom. The lowest BCUT2D eigenvalue weighted by molar-refractivity contribution is -0.113. The third-order valence-electron chi connectivity index (χ3n) is 2.38. The van der Waals surface area contributed by atoms with Gasteiger partial charge in [0.15, 0.2) is 0 Å². The standard InChI is InChI=1S/C12H13ClF2OS/c1-7(2)10(11(13)16)8-3-5-9(6-4-8)17-12(14)15/h3-7,10,12H,1-2H3. The monoisotopic (exact) mass is 278 g/mol. The van der Waals surface area contributed by atoms with E-state index in [2.05, 4.69) is 0 Å². The number of carbonyl (C=O) groups excluding carboxylic acids is 1. The predicted octanol–water partition coefficient (Wildman–Crippen LogP) is 4.51. The van der Waals surface area contributed by atoms with Crippen LogP contribution in [0.4, 0.5) is 8.78 Å². The Kier molecular flexibility index (Phi) is 5.40. The molecule has 1 nitrogen and oxygen atoms in total. The Hall–Kier alpha value is -0.610. The zero-order chi connectivity index (χ0) is 13.0. The maximum Gasteiger partial charge on any atom is 0.288 e. The highest BCUT2D eigenvalue weighted by Gasteiger charge is 2.22. The first-order chi connectivity index (χ1) is 7.91. The van der Waals surface area contributed by atoms with Crippen LogP contribution in [0, 0.1) is 5.92 Å². The molecule has 0 spiro atoms. The number of rotatable bonds is 5. The topological polar surface area (TPSA) is 17.1 Å². The molecule has 0 aliphatic carbocycles. The van der Waals surface area contributed by atoms with Gasteiger partial charge in [-0.1, -0.05) is 37.7 Å². The van der Waals surface area contributed by atoms with E-state index in [1.54, 1.807) is 24.3 Å². The number of alkyl halides is 2. The summed E-state index contributed by atoms with van der Waals surface area (Å²) in [6, 6.07) is 6.52. The minimum Gasteiger partial charge on any atom is -0.281 e. The van der Waals surface area contributed by atoms with Crippen molar-refractivity contribution in [1.29, 1.82) is 0 Å². The van der Waals surface area contributed by atoms with E-state index >= 15 is 0 Å². The second kappa shape index (κ2) is 6.36. The summed E-state index contributed by atoms with van der Waals surface area (Å²) < 4.78 is 24.2. The van der Waals surface area contributed by atoms with E-state index in [0.717, 1.165) is 5.56 Å². The number of benzene rings is 1. The maximum absolute atomic E-state index is 12.1. The van der Waals surface area contributed by atoms with Crippen molar-refractivity contribution in [3.8, 4) is 0 Å². The van der Waals surface area contributed by atoms with Crippen molar-refractivity contribution in [3.63, 3.8) is 0 Å². The molecule has 0 bridgehead atoms. The number of halogens is 3. The Balaban J connectivity index is 2.88. The summed E-state index contributed by atoms with van der Waals surface area (Å²) in [5, 5.41) is -0.422. The largest absolute Gasteiger partial charge is 0.288 e. The molecule has 0 fully saturated rings. The Labute approximate surface area is 109 Å². The van der Waals surface area contributed by atoms with E-state index in [1.165, 1.54) is 0 Å². The van der Waals surface area contributed by atoms with Crippen molar-refractivity contribution >= 4 is 28.6 Å². The smallest absolute Gasteiger partial charge is 0.281 e. The molecule has 1 aromatic carbocycles. The summed E-state index contributed by atoms with van der Waals surface area (Å²) >= 11 is 6.02. The van der Waals surface area contributed by atoms with Gasteiger partial charge in [0, 0.05) is 4.90 Å². The summed E-state index contributed by atoms with van der Waals surface area (Å²) in [5.41, 5.74) is 0.763. The first-order valence-corrected chi connectivity index (χ1v) is 6.41. The van der Waals surface area contributed by atoms with Crippen LogP contribution in [0.2, 0.25) is 0 Å². The zero-order valence-corrected chi connectivity index (χ0v) is 11.1. The van der Waals surface area contributed by atoms with Crippen molar-refractivity contribution < 1.29 is 13.6 Å². The van der Waals surface area contributed by atoms with Crippen LogP contribution in [-0.4, -0.2) is 11.0 Å². The molecule has 0 radical (unpaired) electrons. The van der Waals surface area contributed by atoms with Crippen molar-refractivity contribution in [1.82, 2.24) is 0 Å². The quantitative estimate of drug-likeness (QED) is 0.582. The second-order valence-electron chi connectivity index (χ2n) is 3.97. The molecule has 1 rings (SSSR count). The van der Waals surface area contributed by atoms with E-state index in [9.17, 15) is 13.6 Å². The van der Waals surface area contributed by atoms with Crippen LogP contribution in [-0.2, 0) is 4.79 Å². The number of hydrogen-bond donors (Lipinski definition) is 0. The zero-order valence-electron chi connectivity index (χ0n) is 9.49. The van der Waals surface area contributed by atoms with Gasteiger partial charge in [0.25, 0.3) is 5.76 Å². The fourth-order valence-corrected chi connectivity index (χ4v) is 2.51. The molecule has 1 atom stereocenters. The minimum atomic E-state index is -2.43. The van der Waals surface area contributed by atoms with Gasteiger partial charge in [0.2, 0.25) is 5.24 Å². The summed E-state index contributed by atoms with van der Waals surface area (Å²) in [5.74, 6) is -2.74. The van der Waals surface area contributed by atoms with E-state index in [1.807, 2.05) is 13.8 Å². The normalized spacial score (nSPS) is 13.1. The van der Waals surface area contributed by atoms with Gasteiger partial charge in [-0.05, 0) is 35.2 Å². The number of carbonyl (C=O) groups is 1. The van der Waals surface area contributed by atoms with Crippen LogP contribution in [0.15, 0.2) is 29.2 Å². The van der Waals surface area contributed by atoms with Gasteiger partial charge in [-0.2, -0.15) is 8.78 Å². The molecule has 0 saturated carbocycles. The summed E-state index contributed by atoms with van der Waals surface area (Å²) in [7, 11) is 0. The number of thioether (sulfide) groups is 1. The van der Waals surface area contributed by atoms with Crippen molar-refractivity contribution in [2.24, 2.45) is 5.92 Å². The Bertz CT molecular complexity index is 379. The van der Waals surface area contributed by atoms with Crippen LogP contribution in [0.25, 0.3) is 0 Å². The summed E-state index contributed by atoms with van der Waals surface area (Å²) in [4.78, 5) is 11.8. The predicted molar refractivity (Wildman–Crippen MR) is 66.7 cm³/mol. The van der Waals surface area contributed by atoms with Crippen LogP contribution in [0.1, 0.15) is 25.3 Å². The van der Waals surface area contributed by atoms with E-state index in [-0.39, 0.29) is 11.8 Å². The van der Waals surface area contributed by atoms with Crippen LogP contribution < -0.4 is 0 Å². The third kappa shape index (κ3) is 4.28.